The highest BCUT2D eigenvalue weighted by atomic mass is 16.2. The van der Waals surface area contributed by atoms with Gasteiger partial charge in [0.2, 0.25) is 0 Å². The van der Waals surface area contributed by atoms with Gasteiger partial charge in [-0.2, -0.15) is 0 Å². The average molecular weight is 351 g/mol. The summed E-state index contributed by atoms with van der Waals surface area (Å²) < 4.78 is 0. The van der Waals surface area contributed by atoms with Gasteiger partial charge in [0.25, 0.3) is 5.91 Å². The Hall–Kier alpha value is -3.42. The van der Waals surface area contributed by atoms with Crippen LogP contribution in [0.5, 0.6) is 0 Å². The predicted molar refractivity (Wildman–Crippen MR) is 97.5 cm³/mol. The smallest absolute Gasteiger partial charge is 0.314 e. The molecule has 26 heavy (non-hydrogen) atoms. The number of benzene rings is 1. The molecule has 0 radical (unpaired) electrons. The molecule has 8 nitrogen and oxygen atoms in total. The van der Waals surface area contributed by atoms with Crippen molar-refractivity contribution in [2.24, 2.45) is 0 Å². The molecule has 1 aliphatic heterocycles. The summed E-state index contributed by atoms with van der Waals surface area (Å²) in [6.45, 7) is 1.52. The van der Waals surface area contributed by atoms with Gasteiger partial charge in [0.15, 0.2) is 0 Å². The number of nitrogens with one attached hydrogen (secondary N) is 3. The van der Waals surface area contributed by atoms with E-state index in [0.717, 1.165) is 18.8 Å². The van der Waals surface area contributed by atoms with E-state index in [0.29, 0.717) is 23.1 Å². The standard InChI is InChI=1S/C18H17N5O3/c24-16(11-4-5-13-14(9-11)22-18(26)17(25)21-13)20-12-6-8-23(10-12)15-3-1-2-7-19-15/h1-5,7,9,12H,6,8,10H2,(H,20,24)(H,21,25)(H,22,26). The van der Waals surface area contributed by atoms with Crippen LogP contribution in [0.15, 0.2) is 52.2 Å². The Bertz CT molecular complexity index is 1070. The first kappa shape index (κ1) is 16.1. The molecule has 3 heterocycles. The van der Waals surface area contributed by atoms with Crippen LogP contribution in [-0.2, 0) is 0 Å². The highest BCUT2D eigenvalue weighted by molar-refractivity contribution is 5.97. The second kappa shape index (κ2) is 6.47. The van der Waals surface area contributed by atoms with Crippen molar-refractivity contribution in [1.29, 1.82) is 0 Å². The summed E-state index contributed by atoms with van der Waals surface area (Å²) >= 11 is 0. The molecule has 1 aliphatic rings. The van der Waals surface area contributed by atoms with Gasteiger partial charge in [0.05, 0.1) is 11.0 Å². The van der Waals surface area contributed by atoms with Crippen molar-refractivity contribution in [1.82, 2.24) is 20.3 Å². The lowest BCUT2D eigenvalue weighted by atomic mass is 10.1. The number of fused-ring (bicyclic) bond motifs is 1. The zero-order valence-corrected chi connectivity index (χ0v) is 13.9. The fourth-order valence-corrected chi connectivity index (χ4v) is 3.15. The second-order valence-corrected chi connectivity index (χ2v) is 6.26. The van der Waals surface area contributed by atoms with Crippen molar-refractivity contribution in [2.75, 3.05) is 18.0 Å². The Morgan fingerprint density at radius 3 is 2.69 bits per heavy atom. The molecule has 8 heteroatoms. The van der Waals surface area contributed by atoms with Crippen LogP contribution >= 0.6 is 0 Å². The van der Waals surface area contributed by atoms with E-state index in [9.17, 15) is 14.4 Å². The first-order chi connectivity index (χ1) is 12.6. The number of aromatic nitrogens is 3. The zero-order valence-electron chi connectivity index (χ0n) is 13.9. The molecule has 1 atom stereocenters. The number of H-pyrrole nitrogens is 2. The summed E-state index contributed by atoms with van der Waals surface area (Å²) in [5.74, 6) is 0.684. The summed E-state index contributed by atoms with van der Waals surface area (Å²) in [5.41, 5.74) is -0.124. The third kappa shape index (κ3) is 3.08. The van der Waals surface area contributed by atoms with E-state index < -0.39 is 11.1 Å². The van der Waals surface area contributed by atoms with Crippen LogP contribution in [0, 0.1) is 0 Å². The van der Waals surface area contributed by atoms with E-state index in [1.54, 1.807) is 24.4 Å². The van der Waals surface area contributed by atoms with E-state index >= 15 is 0 Å². The van der Waals surface area contributed by atoms with E-state index in [1.165, 1.54) is 0 Å². The van der Waals surface area contributed by atoms with Crippen molar-refractivity contribution in [3.8, 4) is 0 Å². The highest BCUT2D eigenvalue weighted by Gasteiger charge is 2.25. The molecule has 1 unspecified atom stereocenters. The third-order valence-corrected chi connectivity index (χ3v) is 4.48. The number of hydrogen-bond acceptors (Lipinski definition) is 5. The highest BCUT2D eigenvalue weighted by Crippen LogP contribution is 2.18. The number of hydrogen-bond donors (Lipinski definition) is 3. The Kier molecular flexibility index (Phi) is 4.00. The topological polar surface area (TPSA) is 111 Å². The second-order valence-electron chi connectivity index (χ2n) is 6.26. The fraction of sp³-hybridized carbons (Fsp3) is 0.222. The molecule has 0 spiro atoms. The maximum absolute atomic E-state index is 12.5. The van der Waals surface area contributed by atoms with Gasteiger partial charge in [0.1, 0.15) is 5.82 Å². The molecular weight excluding hydrogens is 334 g/mol. The van der Waals surface area contributed by atoms with Crippen molar-refractivity contribution in [3.63, 3.8) is 0 Å². The number of aromatic amines is 2. The molecule has 1 fully saturated rings. The molecule has 4 rings (SSSR count). The molecule has 0 saturated carbocycles. The molecular formula is C18H17N5O3. The minimum Gasteiger partial charge on any atom is -0.354 e. The molecule has 3 N–H and O–H groups in total. The molecule has 132 valence electrons. The Labute approximate surface area is 147 Å². The summed E-state index contributed by atoms with van der Waals surface area (Å²) in [5, 5.41) is 3.01. The Morgan fingerprint density at radius 2 is 1.92 bits per heavy atom. The molecule has 0 aliphatic carbocycles. The summed E-state index contributed by atoms with van der Waals surface area (Å²) in [4.78, 5) is 46.7. The van der Waals surface area contributed by atoms with Gasteiger partial charge in [-0.05, 0) is 36.8 Å². The van der Waals surface area contributed by atoms with Crippen LogP contribution in [0.3, 0.4) is 0 Å². The van der Waals surface area contributed by atoms with Crippen LogP contribution in [0.4, 0.5) is 5.82 Å². The first-order valence-electron chi connectivity index (χ1n) is 8.33. The maximum Gasteiger partial charge on any atom is 0.314 e. The number of pyridine rings is 1. The van der Waals surface area contributed by atoms with Crippen molar-refractivity contribution in [2.45, 2.75) is 12.5 Å². The van der Waals surface area contributed by atoms with E-state index in [-0.39, 0.29) is 11.9 Å². The molecule has 1 amide bonds. The minimum absolute atomic E-state index is 0.0230. The quantitative estimate of drug-likeness (QED) is 0.599. The summed E-state index contributed by atoms with van der Waals surface area (Å²) in [6.07, 6.45) is 2.58. The Morgan fingerprint density at radius 1 is 1.12 bits per heavy atom. The number of amides is 1. The van der Waals surface area contributed by atoms with Gasteiger partial charge in [-0.3, -0.25) is 14.4 Å². The largest absolute Gasteiger partial charge is 0.354 e. The van der Waals surface area contributed by atoms with Gasteiger partial charge in [-0.15, -0.1) is 0 Å². The van der Waals surface area contributed by atoms with Crippen LogP contribution in [0.2, 0.25) is 0 Å². The Balaban J connectivity index is 1.48. The SMILES string of the molecule is O=C(NC1CCN(c2ccccn2)C1)c1ccc2[nH]c(=O)c(=O)[nH]c2c1. The van der Waals surface area contributed by atoms with E-state index in [2.05, 4.69) is 25.2 Å². The number of rotatable bonds is 3. The number of carbonyl (C=O) groups is 1. The summed E-state index contributed by atoms with van der Waals surface area (Å²) in [7, 11) is 0. The predicted octanol–water partition coefficient (Wildman–Crippen LogP) is 0.620. The van der Waals surface area contributed by atoms with Crippen LogP contribution in [-0.4, -0.2) is 40.0 Å². The number of anilines is 1. The van der Waals surface area contributed by atoms with E-state index in [1.807, 2.05) is 18.2 Å². The van der Waals surface area contributed by atoms with Crippen molar-refractivity contribution >= 4 is 22.8 Å². The fourth-order valence-electron chi connectivity index (χ4n) is 3.15. The maximum atomic E-state index is 12.5. The van der Waals surface area contributed by atoms with Gasteiger partial charge in [-0.1, -0.05) is 6.07 Å². The summed E-state index contributed by atoms with van der Waals surface area (Å²) in [6, 6.07) is 10.6. The normalized spacial score (nSPS) is 16.8. The van der Waals surface area contributed by atoms with Gasteiger partial charge in [-0.25, -0.2) is 4.98 Å². The lowest BCUT2D eigenvalue weighted by Gasteiger charge is -2.17. The first-order valence-corrected chi connectivity index (χ1v) is 8.33. The molecule has 1 aromatic carbocycles. The van der Waals surface area contributed by atoms with Gasteiger partial charge in [0, 0.05) is 30.9 Å². The van der Waals surface area contributed by atoms with Crippen molar-refractivity contribution < 1.29 is 4.79 Å². The number of carbonyl (C=O) groups excluding carboxylic acids is 1. The van der Waals surface area contributed by atoms with Gasteiger partial charge >= 0.3 is 11.1 Å². The number of nitrogens with zero attached hydrogens (tertiary/aromatic N) is 2. The van der Waals surface area contributed by atoms with Crippen LogP contribution in [0.1, 0.15) is 16.8 Å². The lowest BCUT2D eigenvalue weighted by Crippen LogP contribution is -2.37. The third-order valence-electron chi connectivity index (χ3n) is 4.48. The molecule has 2 aromatic heterocycles. The minimum atomic E-state index is -0.739. The lowest BCUT2D eigenvalue weighted by molar-refractivity contribution is 0.0940. The molecule has 1 saturated heterocycles. The molecule has 3 aromatic rings. The van der Waals surface area contributed by atoms with Crippen LogP contribution < -0.4 is 21.3 Å². The van der Waals surface area contributed by atoms with E-state index in [4.69, 9.17) is 0 Å². The zero-order chi connectivity index (χ0) is 18.1. The molecule has 0 bridgehead atoms. The van der Waals surface area contributed by atoms with Crippen LogP contribution in [0.25, 0.3) is 11.0 Å². The van der Waals surface area contributed by atoms with Crippen molar-refractivity contribution in [3.05, 3.63) is 68.9 Å². The van der Waals surface area contributed by atoms with Gasteiger partial charge < -0.3 is 20.2 Å². The monoisotopic (exact) mass is 351 g/mol. The average Bonchev–Trinajstić information content (AvgIpc) is 3.11.